The molecule has 1 fully saturated rings. The summed E-state index contributed by atoms with van der Waals surface area (Å²) < 4.78 is 0. The summed E-state index contributed by atoms with van der Waals surface area (Å²) in [7, 11) is 0. The number of aliphatic hydroxyl groups excluding tert-OH is 1. The number of anilines is 1. The van der Waals surface area contributed by atoms with Gasteiger partial charge in [-0.15, -0.1) is 11.3 Å². The second kappa shape index (κ2) is 7.16. The van der Waals surface area contributed by atoms with Crippen LogP contribution in [0.3, 0.4) is 0 Å². The Kier molecular flexibility index (Phi) is 4.98. The van der Waals surface area contributed by atoms with Gasteiger partial charge < -0.3 is 10.0 Å². The maximum Gasteiger partial charge on any atom is 0.186 e. The first-order valence-corrected chi connectivity index (χ1v) is 9.01. The van der Waals surface area contributed by atoms with Gasteiger partial charge in [-0.3, -0.25) is 0 Å². The van der Waals surface area contributed by atoms with Crippen molar-refractivity contribution < 1.29 is 5.11 Å². The molecule has 0 radical (unpaired) electrons. The van der Waals surface area contributed by atoms with Crippen molar-refractivity contribution in [3.05, 3.63) is 52.5 Å². The fourth-order valence-corrected chi connectivity index (χ4v) is 4.22. The Hall–Kier alpha value is -2.16. The van der Waals surface area contributed by atoms with Crippen molar-refractivity contribution in [2.75, 3.05) is 11.5 Å². The van der Waals surface area contributed by atoms with Crippen molar-refractivity contribution >= 4 is 22.5 Å². The SMILES string of the molecule is C/C=C/c1ccc([C@H]2[C@@H](C#N)N(c3ncc(CC)s3)[C@@H]2CO)cc1. The van der Waals surface area contributed by atoms with Gasteiger partial charge in [-0.1, -0.05) is 43.3 Å². The average Bonchev–Trinajstić information content (AvgIpc) is 3.05. The van der Waals surface area contributed by atoms with E-state index in [1.165, 1.54) is 4.88 Å². The molecule has 2 aromatic rings. The van der Waals surface area contributed by atoms with Gasteiger partial charge in [-0.25, -0.2) is 4.98 Å². The zero-order valence-corrected chi connectivity index (χ0v) is 14.7. The van der Waals surface area contributed by atoms with Crippen LogP contribution in [0.4, 0.5) is 5.13 Å². The van der Waals surface area contributed by atoms with Crippen molar-refractivity contribution in [2.24, 2.45) is 0 Å². The monoisotopic (exact) mass is 339 g/mol. The first-order valence-electron chi connectivity index (χ1n) is 8.19. The number of thiazole rings is 1. The molecule has 1 aromatic carbocycles. The van der Waals surface area contributed by atoms with Crippen LogP contribution in [0, 0.1) is 11.3 Å². The Morgan fingerprint density at radius 2 is 2.12 bits per heavy atom. The predicted octanol–water partition coefficient (Wildman–Crippen LogP) is 3.60. The molecular formula is C19H21N3OS. The van der Waals surface area contributed by atoms with Crippen LogP contribution in [0.1, 0.15) is 35.8 Å². The summed E-state index contributed by atoms with van der Waals surface area (Å²) >= 11 is 1.60. The molecule has 3 atom stereocenters. The van der Waals surface area contributed by atoms with Gasteiger partial charge in [0.1, 0.15) is 6.04 Å². The normalized spacial score (nSPS) is 23.2. The molecule has 0 amide bonds. The second-order valence-electron chi connectivity index (χ2n) is 5.89. The van der Waals surface area contributed by atoms with E-state index in [1.807, 2.05) is 30.2 Å². The highest BCUT2D eigenvalue weighted by Crippen LogP contribution is 2.44. The fourth-order valence-electron chi connectivity index (χ4n) is 3.27. The number of hydrogen-bond acceptors (Lipinski definition) is 5. The minimum atomic E-state index is -0.287. The van der Waals surface area contributed by atoms with Gasteiger partial charge in [-0.05, 0) is 24.5 Å². The van der Waals surface area contributed by atoms with E-state index in [0.29, 0.717) is 0 Å². The lowest BCUT2D eigenvalue weighted by atomic mass is 9.76. The molecule has 124 valence electrons. The number of rotatable bonds is 5. The third-order valence-corrected chi connectivity index (χ3v) is 5.68. The van der Waals surface area contributed by atoms with E-state index >= 15 is 0 Å². The highest BCUT2D eigenvalue weighted by Gasteiger charge is 2.50. The number of aromatic nitrogens is 1. The van der Waals surface area contributed by atoms with Crippen molar-refractivity contribution in [1.29, 1.82) is 5.26 Å². The molecule has 1 aliphatic heterocycles. The summed E-state index contributed by atoms with van der Waals surface area (Å²) in [6, 6.07) is 10.2. The zero-order valence-electron chi connectivity index (χ0n) is 13.9. The molecule has 0 saturated carbocycles. The van der Waals surface area contributed by atoms with Crippen LogP contribution < -0.4 is 4.90 Å². The number of aryl methyl sites for hydroxylation is 1. The maximum atomic E-state index is 9.88. The highest BCUT2D eigenvalue weighted by atomic mass is 32.1. The van der Waals surface area contributed by atoms with Crippen molar-refractivity contribution in [2.45, 2.75) is 38.3 Å². The molecule has 2 heterocycles. The number of hydrogen-bond donors (Lipinski definition) is 1. The summed E-state index contributed by atoms with van der Waals surface area (Å²) in [5.74, 6) is 0.00799. The number of aliphatic hydroxyl groups is 1. The van der Waals surface area contributed by atoms with E-state index in [2.05, 4.69) is 42.2 Å². The Labute approximate surface area is 146 Å². The standard InChI is InChI=1S/C19H21N3OS/c1-3-5-13-6-8-14(9-7-13)18-16(10-20)22(17(18)12-23)19-21-11-15(4-2)24-19/h3,5-9,11,16-18,23H,4,12H2,1-2H3/b5-3+/t16-,17-,18+/m1/s1. The highest BCUT2D eigenvalue weighted by molar-refractivity contribution is 7.15. The number of allylic oxidation sites excluding steroid dienone is 1. The first-order chi connectivity index (χ1) is 11.7. The first kappa shape index (κ1) is 16.7. The molecule has 0 aliphatic carbocycles. The summed E-state index contributed by atoms with van der Waals surface area (Å²) in [6.07, 6.45) is 6.84. The summed E-state index contributed by atoms with van der Waals surface area (Å²) in [6.45, 7) is 4.10. The number of nitriles is 1. The molecule has 0 unspecified atom stereocenters. The van der Waals surface area contributed by atoms with Crippen LogP contribution in [-0.2, 0) is 6.42 Å². The number of nitrogens with zero attached hydrogens (tertiary/aromatic N) is 3. The van der Waals surface area contributed by atoms with Gasteiger partial charge >= 0.3 is 0 Å². The van der Waals surface area contributed by atoms with Crippen molar-refractivity contribution in [3.63, 3.8) is 0 Å². The molecule has 4 nitrogen and oxygen atoms in total. The van der Waals surface area contributed by atoms with Gasteiger partial charge in [-0.2, -0.15) is 5.26 Å². The van der Waals surface area contributed by atoms with E-state index in [-0.39, 0.29) is 24.6 Å². The largest absolute Gasteiger partial charge is 0.394 e. The molecule has 3 rings (SSSR count). The number of benzene rings is 1. The molecule has 24 heavy (non-hydrogen) atoms. The van der Waals surface area contributed by atoms with Crippen LogP contribution in [-0.4, -0.2) is 28.8 Å². The van der Waals surface area contributed by atoms with E-state index in [4.69, 9.17) is 0 Å². The fraction of sp³-hybridized carbons (Fsp3) is 0.368. The van der Waals surface area contributed by atoms with Gasteiger partial charge in [0.05, 0.1) is 18.7 Å². The zero-order chi connectivity index (χ0) is 17.1. The quantitative estimate of drug-likeness (QED) is 0.904. The molecule has 1 saturated heterocycles. The predicted molar refractivity (Wildman–Crippen MR) is 98.1 cm³/mol. The van der Waals surface area contributed by atoms with Gasteiger partial charge in [0.25, 0.3) is 0 Å². The van der Waals surface area contributed by atoms with Gasteiger partial charge in [0, 0.05) is 17.0 Å². The molecule has 1 aromatic heterocycles. The lowest BCUT2D eigenvalue weighted by Crippen LogP contribution is -2.63. The van der Waals surface area contributed by atoms with Gasteiger partial charge in [0.2, 0.25) is 0 Å². The van der Waals surface area contributed by atoms with E-state index in [0.717, 1.165) is 22.7 Å². The van der Waals surface area contributed by atoms with Crippen LogP contribution >= 0.6 is 11.3 Å². The maximum absolute atomic E-state index is 9.88. The smallest absolute Gasteiger partial charge is 0.186 e. The second-order valence-corrected chi connectivity index (χ2v) is 6.98. The van der Waals surface area contributed by atoms with Crippen LogP contribution in [0.5, 0.6) is 0 Å². The van der Waals surface area contributed by atoms with Crippen LogP contribution in [0.25, 0.3) is 6.08 Å². The third kappa shape index (κ3) is 2.83. The molecule has 1 aliphatic rings. The average molecular weight is 339 g/mol. The lowest BCUT2D eigenvalue weighted by molar-refractivity contribution is 0.187. The molecule has 5 heteroatoms. The van der Waals surface area contributed by atoms with E-state index < -0.39 is 0 Å². The Bertz CT molecular complexity index is 760. The molecule has 0 bridgehead atoms. The molecule has 0 spiro atoms. The van der Waals surface area contributed by atoms with Crippen LogP contribution in [0.2, 0.25) is 0 Å². The van der Waals surface area contributed by atoms with Crippen molar-refractivity contribution in [3.8, 4) is 6.07 Å². The summed E-state index contributed by atoms with van der Waals surface area (Å²) in [4.78, 5) is 7.60. The molecule has 1 N–H and O–H groups in total. The van der Waals surface area contributed by atoms with Crippen LogP contribution in [0.15, 0.2) is 36.5 Å². The topological polar surface area (TPSA) is 60.2 Å². The van der Waals surface area contributed by atoms with E-state index in [9.17, 15) is 10.4 Å². The Morgan fingerprint density at radius 1 is 1.38 bits per heavy atom. The molecular weight excluding hydrogens is 318 g/mol. The lowest BCUT2D eigenvalue weighted by Gasteiger charge is -2.51. The Balaban J connectivity index is 1.87. The summed E-state index contributed by atoms with van der Waals surface area (Å²) in [5, 5.41) is 20.4. The Morgan fingerprint density at radius 3 is 2.67 bits per heavy atom. The van der Waals surface area contributed by atoms with E-state index in [1.54, 1.807) is 11.3 Å². The van der Waals surface area contributed by atoms with Gasteiger partial charge in [0.15, 0.2) is 5.13 Å². The minimum Gasteiger partial charge on any atom is -0.394 e. The minimum absolute atomic E-state index is 0.00799. The van der Waals surface area contributed by atoms with Crippen molar-refractivity contribution in [1.82, 2.24) is 4.98 Å². The third-order valence-electron chi connectivity index (χ3n) is 4.52. The summed E-state index contributed by atoms with van der Waals surface area (Å²) in [5.41, 5.74) is 2.23.